The largest absolute Gasteiger partial charge is 0.494 e. The molecule has 7 heteroatoms. The van der Waals surface area contributed by atoms with Crippen LogP contribution in [-0.2, 0) is 11.3 Å². The molecule has 1 aromatic carbocycles. The molecular formula is C16H19FN4O2. The Morgan fingerprint density at radius 1 is 1.39 bits per heavy atom. The molecule has 0 bridgehead atoms. The van der Waals surface area contributed by atoms with Crippen LogP contribution < -0.4 is 10.2 Å². The average molecular weight is 318 g/mol. The van der Waals surface area contributed by atoms with E-state index in [1.807, 2.05) is 19.9 Å². The highest BCUT2D eigenvalue weighted by atomic mass is 19.1. The first-order valence-electron chi connectivity index (χ1n) is 7.09. The topological polar surface area (TPSA) is 68.5 Å². The standard InChI is InChI=1S/C16H19FN4O2/c1-10-7-11(2)21(20-10)9-16(22)19-18-12(3)13-5-6-15(23-4)14(17)8-13/h5-8H,9H2,1-4H3,(H,19,22)/b18-12-. The Morgan fingerprint density at radius 3 is 2.70 bits per heavy atom. The maximum atomic E-state index is 13.7. The van der Waals surface area contributed by atoms with Crippen molar-refractivity contribution in [2.75, 3.05) is 7.11 Å². The van der Waals surface area contributed by atoms with E-state index in [1.165, 1.54) is 19.2 Å². The van der Waals surface area contributed by atoms with Gasteiger partial charge in [0.05, 0.1) is 18.5 Å². The van der Waals surface area contributed by atoms with Crippen LogP contribution in [0.1, 0.15) is 23.9 Å². The highest BCUT2D eigenvalue weighted by Gasteiger charge is 2.08. The van der Waals surface area contributed by atoms with Crippen LogP contribution in [0, 0.1) is 19.7 Å². The number of nitrogens with zero attached hydrogens (tertiary/aromatic N) is 3. The maximum absolute atomic E-state index is 13.7. The van der Waals surface area contributed by atoms with E-state index in [9.17, 15) is 9.18 Å². The van der Waals surface area contributed by atoms with Gasteiger partial charge in [0.1, 0.15) is 6.54 Å². The summed E-state index contributed by atoms with van der Waals surface area (Å²) in [6.07, 6.45) is 0. The van der Waals surface area contributed by atoms with Crippen molar-refractivity contribution in [3.63, 3.8) is 0 Å². The van der Waals surface area contributed by atoms with Crippen LogP contribution in [0.4, 0.5) is 4.39 Å². The summed E-state index contributed by atoms with van der Waals surface area (Å²) in [7, 11) is 1.40. The fourth-order valence-electron chi connectivity index (χ4n) is 2.11. The summed E-state index contributed by atoms with van der Waals surface area (Å²) in [6.45, 7) is 5.50. The molecule has 0 radical (unpaired) electrons. The lowest BCUT2D eigenvalue weighted by atomic mass is 10.1. The molecule has 0 aliphatic heterocycles. The Kier molecular flexibility index (Phi) is 5.10. The summed E-state index contributed by atoms with van der Waals surface area (Å²) in [5.74, 6) is -0.617. The number of nitrogens with one attached hydrogen (secondary N) is 1. The quantitative estimate of drug-likeness (QED) is 0.679. The summed E-state index contributed by atoms with van der Waals surface area (Å²) < 4.78 is 20.1. The van der Waals surface area contributed by atoms with Gasteiger partial charge >= 0.3 is 0 Å². The van der Waals surface area contributed by atoms with Gasteiger partial charge < -0.3 is 4.74 Å². The highest BCUT2D eigenvalue weighted by molar-refractivity contribution is 5.99. The zero-order valence-electron chi connectivity index (χ0n) is 13.6. The number of carbonyl (C=O) groups is 1. The van der Waals surface area contributed by atoms with Crippen LogP contribution in [0.15, 0.2) is 29.4 Å². The third-order valence-electron chi connectivity index (χ3n) is 3.31. The van der Waals surface area contributed by atoms with Gasteiger partial charge in [0.15, 0.2) is 11.6 Å². The lowest BCUT2D eigenvalue weighted by molar-refractivity contribution is -0.121. The molecule has 122 valence electrons. The van der Waals surface area contributed by atoms with Gasteiger partial charge in [0, 0.05) is 11.3 Å². The molecule has 0 saturated carbocycles. The van der Waals surface area contributed by atoms with Gasteiger partial charge in [-0.1, -0.05) is 0 Å². The van der Waals surface area contributed by atoms with Crippen LogP contribution in [0.5, 0.6) is 5.75 Å². The lowest BCUT2D eigenvalue weighted by Gasteiger charge is -2.06. The fraction of sp³-hybridized carbons (Fsp3) is 0.312. The molecule has 0 atom stereocenters. The Hall–Kier alpha value is -2.70. The van der Waals surface area contributed by atoms with Crippen molar-refractivity contribution in [2.45, 2.75) is 27.3 Å². The molecule has 0 aliphatic rings. The number of benzene rings is 1. The summed E-state index contributed by atoms with van der Waals surface area (Å²) in [4.78, 5) is 11.9. The summed E-state index contributed by atoms with van der Waals surface area (Å²) in [6, 6.07) is 6.39. The zero-order chi connectivity index (χ0) is 17.0. The van der Waals surface area contributed by atoms with Crippen molar-refractivity contribution >= 4 is 11.6 Å². The van der Waals surface area contributed by atoms with E-state index in [0.29, 0.717) is 11.3 Å². The van der Waals surface area contributed by atoms with E-state index in [1.54, 1.807) is 17.7 Å². The first-order chi connectivity index (χ1) is 10.9. The lowest BCUT2D eigenvalue weighted by Crippen LogP contribution is -2.25. The molecule has 2 aromatic rings. The Balaban J connectivity index is 2.02. The number of rotatable bonds is 5. The van der Waals surface area contributed by atoms with Gasteiger partial charge in [-0.15, -0.1) is 0 Å². The second-order valence-electron chi connectivity index (χ2n) is 5.17. The van der Waals surface area contributed by atoms with Crippen molar-refractivity contribution in [3.8, 4) is 5.75 Å². The SMILES string of the molecule is COc1ccc(/C(C)=N\NC(=O)Cn2nc(C)cc2C)cc1F. The Morgan fingerprint density at radius 2 is 2.13 bits per heavy atom. The average Bonchev–Trinajstić information content (AvgIpc) is 2.82. The smallest absolute Gasteiger partial charge is 0.261 e. The monoisotopic (exact) mass is 318 g/mol. The van der Waals surface area contributed by atoms with Crippen molar-refractivity contribution in [1.82, 2.24) is 15.2 Å². The molecule has 2 rings (SSSR count). The summed E-state index contributed by atoms with van der Waals surface area (Å²) in [5.41, 5.74) is 5.26. The number of aryl methyl sites for hydroxylation is 2. The minimum Gasteiger partial charge on any atom is -0.494 e. The third-order valence-corrected chi connectivity index (χ3v) is 3.31. The number of methoxy groups -OCH3 is 1. The van der Waals surface area contributed by atoms with Gasteiger partial charge in [0.25, 0.3) is 5.91 Å². The number of aromatic nitrogens is 2. The van der Waals surface area contributed by atoms with Crippen molar-refractivity contribution in [1.29, 1.82) is 0 Å². The maximum Gasteiger partial charge on any atom is 0.261 e. The first-order valence-corrected chi connectivity index (χ1v) is 7.09. The molecule has 0 spiro atoms. The molecule has 1 aromatic heterocycles. The number of halogens is 1. The molecule has 0 unspecified atom stereocenters. The third kappa shape index (κ3) is 4.15. The van der Waals surface area contributed by atoms with Crippen LogP contribution in [0.2, 0.25) is 0 Å². The minimum atomic E-state index is -0.478. The van der Waals surface area contributed by atoms with Crippen molar-refractivity contribution in [2.24, 2.45) is 5.10 Å². The van der Waals surface area contributed by atoms with Crippen LogP contribution in [0.25, 0.3) is 0 Å². The van der Waals surface area contributed by atoms with E-state index < -0.39 is 5.82 Å². The van der Waals surface area contributed by atoms with E-state index in [0.717, 1.165) is 11.4 Å². The second-order valence-corrected chi connectivity index (χ2v) is 5.17. The minimum absolute atomic E-state index is 0.0768. The molecular weight excluding hydrogens is 299 g/mol. The molecule has 0 fully saturated rings. The molecule has 0 aliphatic carbocycles. The van der Waals surface area contributed by atoms with Gasteiger partial charge in [-0.3, -0.25) is 9.48 Å². The van der Waals surface area contributed by atoms with Gasteiger partial charge in [-0.25, -0.2) is 9.82 Å². The van der Waals surface area contributed by atoms with Crippen LogP contribution >= 0.6 is 0 Å². The van der Waals surface area contributed by atoms with E-state index in [2.05, 4.69) is 15.6 Å². The molecule has 1 amide bonds. The number of carbonyl (C=O) groups excluding carboxylic acids is 1. The van der Waals surface area contributed by atoms with E-state index in [-0.39, 0.29) is 18.2 Å². The number of amides is 1. The predicted molar refractivity (Wildman–Crippen MR) is 85.0 cm³/mol. The molecule has 0 saturated heterocycles. The highest BCUT2D eigenvalue weighted by Crippen LogP contribution is 2.18. The first kappa shape index (κ1) is 16.7. The molecule has 6 nitrogen and oxygen atoms in total. The molecule has 23 heavy (non-hydrogen) atoms. The van der Waals surface area contributed by atoms with Gasteiger partial charge in [-0.05, 0) is 45.0 Å². The molecule has 1 N–H and O–H groups in total. The van der Waals surface area contributed by atoms with Crippen molar-refractivity contribution < 1.29 is 13.9 Å². The van der Waals surface area contributed by atoms with Crippen LogP contribution in [0.3, 0.4) is 0 Å². The number of hydrogen-bond donors (Lipinski definition) is 1. The zero-order valence-corrected chi connectivity index (χ0v) is 13.6. The van der Waals surface area contributed by atoms with E-state index in [4.69, 9.17) is 4.74 Å². The number of hydrazone groups is 1. The summed E-state index contributed by atoms with van der Waals surface area (Å²) in [5, 5.41) is 8.20. The fourth-order valence-corrected chi connectivity index (χ4v) is 2.11. The second kappa shape index (κ2) is 7.04. The van der Waals surface area contributed by atoms with Gasteiger partial charge in [-0.2, -0.15) is 10.2 Å². The molecule has 1 heterocycles. The predicted octanol–water partition coefficient (Wildman–Crippen LogP) is 2.19. The number of hydrogen-bond acceptors (Lipinski definition) is 4. The summed E-state index contributed by atoms with van der Waals surface area (Å²) >= 11 is 0. The van der Waals surface area contributed by atoms with E-state index >= 15 is 0 Å². The number of ether oxygens (including phenoxy) is 1. The Bertz CT molecular complexity index is 753. The Labute approximate surface area is 134 Å². The normalized spacial score (nSPS) is 11.4. The van der Waals surface area contributed by atoms with Crippen molar-refractivity contribution in [3.05, 3.63) is 47.0 Å². The van der Waals surface area contributed by atoms with Gasteiger partial charge in [0.2, 0.25) is 0 Å². The van der Waals surface area contributed by atoms with Crippen LogP contribution in [-0.4, -0.2) is 28.5 Å².